The molecule has 1 heterocycles. The summed E-state index contributed by atoms with van der Waals surface area (Å²) in [6, 6.07) is 9.95. The number of H-pyrrole nitrogens is 1. The summed E-state index contributed by atoms with van der Waals surface area (Å²) in [6.07, 6.45) is 1.15. The second-order valence-corrected chi connectivity index (χ2v) is 8.76. The number of hydrogen-bond donors (Lipinski definition) is 2. The zero-order chi connectivity index (χ0) is 18.2. The number of halogens is 1. The van der Waals surface area contributed by atoms with E-state index in [-0.39, 0.29) is 10.6 Å². The van der Waals surface area contributed by atoms with E-state index in [4.69, 9.17) is 16.7 Å². The van der Waals surface area contributed by atoms with E-state index in [1.54, 1.807) is 24.3 Å². The number of rotatable bonds is 5. The van der Waals surface area contributed by atoms with Crippen molar-refractivity contribution in [2.45, 2.75) is 10.1 Å². The smallest absolute Gasteiger partial charge is 0.313 e. The minimum absolute atomic E-state index is 0.0899. The van der Waals surface area contributed by atoms with Crippen LogP contribution in [-0.4, -0.2) is 41.5 Å². The molecule has 3 aromatic rings. The number of aromatic nitrogens is 2. The Kier molecular flexibility index (Phi) is 4.77. The van der Waals surface area contributed by atoms with Gasteiger partial charge in [0, 0.05) is 11.8 Å². The fourth-order valence-corrected chi connectivity index (χ4v) is 3.82. The second-order valence-electron chi connectivity index (χ2n) is 5.37. The maximum Gasteiger partial charge on any atom is 0.313 e. The van der Waals surface area contributed by atoms with Gasteiger partial charge in [0.2, 0.25) is 0 Å². The number of hydrogen-bond acceptors (Lipinski definition) is 5. The molecule has 0 atom stereocenters. The van der Waals surface area contributed by atoms with Crippen LogP contribution < -0.4 is 0 Å². The van der Waals surface area contributed by atoms with Gasteiger partial charge >= 0.3 is 5.97 Å². The van der Waals surface area contributed by atoms with Gasteiger partial charge in [0.15, 0.2) is 15.0 Å². The van der Waals surface area contributed by atoms with Crippen molar-refractivity contribution >= 4 is 50.2 Å². The van der Waals surface area contributed by atoms with Crippen LogP contribution in [0.15, 0.2) is 46.5 Å². The van der Waals surface area contributed by atoms with Gasteiger partial charge < -0.3 is 10.1 Å². The summed E-state index contributed by atoms with van der Waals surface area (Å²) in [5.41, 5.74) is 2.84. The lowest BCUT2D eigenvalue weighted by atomic mass is 10.1. The van der Waals surface area contributed by atoms with Crippen LogP contribution in [0.3, 0.4) is 0 Å². The van der Waals surface area contributed by atoms with Gasteiger partial charge in [-0.2, -0.15) is 0 Å². The van der Waals surface area contributed by atoms with Gasteiger partial charge in [0.25, 0.3) is 0 Å². The molecule has 0 aliphatic carbocycles. The number of benzene rings is 2. The van der Waals surface area contributed by atoms with Crippen molar-refractivity contribution in [3.63, 3.8) is 0 Å². The van der Waals surface area contributed by atoms with Crippen molar-refractivity contribution < 1.29 is 18.3 Å². The molecule has 0 fully saturated rings. The van der Waals surface area contributed by atoms with Crippen LogP contribution in [0.2, 0.25) is 5.02 Å². The molecule has 25 heavy (non-hydrogen) atoms. The molecular formula is C16H13ClN2O4S2. The third kappa shape index (κ3) is 3.97. The molecule has 0 saturated heterocycles. The molecule has 2 N–H and O–H groups in total. The molecule has 0 aliphatic heterocycles. The first-order chi connectivity index (χ1) is 11.7. The van der Waals surface area contributed by atoms with E-state index in [1.807, 2.05) is 0 Å². The Morgan fingerprint density at radius 2 is 1.96 bits per heavy atom. The number of aromatic amines is 1. The molecule has 2 aromatic carbocycles. The van der Waals surface area contributed by atoms with Crippen molar-refractivity contribution in [2.75, 3.05) is 12.0 Å². The van der Waals surface area contributed by atoms with Crippen molar-refractivity contribution in [1.82, 2.24) is 9.97 Å². The number of fused-ring (bicyclic) bond motifs is 1. The molecule has 0 amide bonds. The molecule has 130 valence electrons. The second kappa shape index (κ2) is 6.70. The number of sulfone groups is 1. The molecule has 1 aromatic heterocycles. The lowest BCUT2D eigenvalue weighted by Crippen LogP contribution is -1.97. The quantitative estimate of drug-likeness (QED) is 0.640. The number of aliphatic carboxylic acids is 1. The molecular weight excluding hydrogens is 384 g/mol. The van der Waals surface area contributed by atoms with E-state index < -0.39 is 15.8 Å². The van der Waals surface area contributed by atoms with Crippen LogP contribution in [0.25, 0.3) is 22.2 Å². The van der Waals surface area contributed by atoms with Gasteiger partial charge in [-0.3, -0.25) is 4.79 Å². The maximum absolute atomic E-state index is 11.6. The van der Waals surface area contributed by atoms with Crippen LogP contribution >= 0.6 is 23.4 Å². The summed E-state index contributed by atoms with van der Waals surface area (Å²) in [5.74, 6) is -1.01. The van der Waals surface area contributed by atoms with E-state index in [0.717, 1.165) is 29.1 Å². The average molecular weight is 397 g/mol. The van der Waals surface area contributed by atoms with E-state index >= 15 is 0 Å². The number of nitrogens with one attached hydrogen (secondary N) is 1. The first-order valence-electron chi connectivity index (χ1n) is 7.08. The molecule has 0 unspecified atom stereocenters. The standard InChI is InChI=1S/C16H13ClN2O4S2/c1-25(22,23)10-4-2-9(3-5-10)11-6-13-14(7-12(11)17)19-16(18-13)24-8-15(20)21/h2-7H,8H2,1H3,(H,18,19)(H,20,21). The van der Waals surface area contributed by atoms with E-state index in [2.05, 4.69) is 9.97 Å². The Hall–Kier alpha value is -2.03. The Balaban J connectivity index is 1.98. The van der Waals surface area contributed by atoms with Crippen LogP contribution in [0.1, 0.15) is 0 Å². The normalized spacial score (nSPS) is 11.8. The summed E-state index contributed by atoms with van der Waals surface area (Å²) in [7, 11) is -3.26. The molecule has 0 saturated carbocycles. The van der Waals surface area contributed by atoms with Crippen LogP contribution in [0.4, 0.5) is 0 Å². The number of carbonyl (C=O) groups is 1. The van der Waals surface area contributed by atoms with Gasteiger partial charge in [0.05, 0.1) is 26.7 Å². The van der Waals surface area contributed by atoms with Crippen LogP contribution in [-0.2, 0) is 14.6 Å². The SMILES string of the molecule is CS(=O)(=O)c1ccc(-c2cc3nc(SCC(=O)O)[nH]c3cc2Cl)cc1. The highest BCUT2D eigenvalue weighted by molar-refractivity contribution is 7.99. The molecule has 3 rings (SSSR count). The largest absolute Gasteiger partial charge is 0.481 e. The molecule has 0 aliphatic rings. The highest BCUT2D eigenvalue weighted by Crippen LogP contribution is 2.33. The van der Waals surface area contributed by atoms with Crippen LogP contribution in [0, 0.1) is 0 Å². The average Bonchev–Trinajstić information content (AvgIpc) is 2.93. The zero-order valence-corrected chi connectivity index (χ0v) is 15.4. The Morgan fingerprint density at radius 3 is 2.56 bits per heavy atom. The number of imidazole rings is 1. The summed E-state index contributed by atoms with van der Waals surface area (Å²) in [4.78, 5) is 18.3. The number of carboxylic acid groups (broad SMARTS) is 1. The fourth-order valence-electron chi connectivity index (χ4n) is 2.31. The van der Waals surface area contributed by atoms with Gasteiger partial charge in [0.1, 0.15) is 0 Å². The topological polar surface area (TPSA) is 100 Å². The van der Waals surface area contributed by atoms with Crippen molar-refractivity contribution in [3.8, 4) is 11.1 Å². The molecule has 0 radical (unpaired) electrons. The highest BCUT2D eigenvalue weighted by atomic mass is 35.5. The number of thioether (sulfide) groups is 1. The molecule has 0 bridgehead atoms. The third-order valence-corrected chi connectivity index (χ3v) is 5.77. The summed E-state index contributed by atoms with van der Waals surface area (Å²) in [6.45, 7) is 0. The van der Waals surface area contributed by atoms with Crippen molar-refractivity contribution in [2.24, 2.45) is 0 Å². The van der Waals surface area contributed by atoms with Gasteiger partial charge in [-0.25, -0.2) is 13.4 Å². The Bertz CT molecular complexity index is 1060. The lowest BCUT2D eigenvalue weighted by Gasteiger charge is -2.06. The van der Waals surface area contributed by atoms with Gasteiger partial charge in [-0.1, -0.05) is 35.5 Å². The van der Waals surface area contributed by atoms with Crippen molar-refractivity contribution in [3.05, 3.63) is 41.4 Å². The molecule has 0 spiro atoms. The summed E-state index contributed by atoms with van der Waals surface area (Å²) in [5, 5.41) is 9.72. The first-order valence-corrected chi connectivity index (χ1v) is 10.3. The predicted molar refractivity (Wildman–Crippen MR) is 98.0 cm³/mol. The zero-order valence-electron chi connectivity index (χ0n) is 13.0. The molecule has 9 heteroatoms. The number of nitrogens with zero attached hydrogens (tertiary/aromatic N) is 1. The summed E-state index contributed by atoms with van der Waals surface area (Å²) >= 11 is 7.43. The third-order valence-electron chi connectivity index (χ3n) is 3.47. The minimum Gasteiger partial charge on any atom is -0.481 e. The maximum atomic E-state index is 11.6. The van der Waals surface area contributed by atoms with Crippen molar-refractivity contribution in [1.29, 1.82) is 0 Å². The predicted octanol–water partition coefficient (Wildman–Crippen LogP) is 3.46. The fraction of sp³-hybridized carbons (Fsp3) is 0.125. The van der Waals surface area contributed by atoms with Crippen LogP contribution in [0.5, 0.6) is 0 Å². The van der Waals surface area contributed by atoms with E-state index in [1.165, 1.54) is 12.1 Å². The van der Waals surface area contributed by atoms with Gasteiger partial charge in [-0.05, 0) is 29.8 Å². The lowest BCUT2D eigenvalue weighted by molar-refractivity contribution is -0.133. The van der Waals surface area contributed by atoms with E-state index in [9.17, 15) is 13.2 Å². The first kappa shape index (κ1) is 17.8. The Labute approximate surface area is 153 Å². The number of carboxylic acids is 1. The van der Waals surface area contributed by atoms with Gasteiger partial charge in [-0.15, -0.1) is 0 Å². The monoisotopic (exact) mass is 396 g/mol. The molecule has 6 nitrogen and oxygen atoms in total. The summed E-state index contributed by atoms with van der Waals surface area (Å²) < 4.78 is 23.1. The minimum atomic E-state index is -3.26. The highest BCUT2D eigenvalue weighted by Gasteiger charge is 2.12. The Morgan fingerprint density at radius 1 is 1.28 bits per heavy atom. The van der Waals surface area contributed by atoms with E-state index in [0.29, 0.717) is 21.2 Å².